The number of thioether (sulfide) groups is 1. The minimum Gasteiger partial charge on any atom is -0.457 e. The molecule has 0 unspecified atom stereocenters. The molecule has 0 aliphatic carbocycles. The van der Waals surface area contributed by atoms with E-state index in [0.717, 1.165) is 23.7 Å². The lowest BCUT2D eigenvalue weighted by atomic mass is 10.3. The number of para-hydroxylation sites is 1. The summed E-state index contributed by atoms with van der Waals surface area (Å²) in [4.78, 5) is 11.0. The SMILES string of the molecule is N/N=C(\C=Nc1ccc(Oc2ccccc2)cc1)CSc1ccnc(C(F)(F)F)n1. The summed E-state index contributed by atoms with van der Waals surface area (Å²) in [7, 11) is 0. The maximum absolute atomic E-state index is 12.7. The van der Waals surface area contributed by atoms with Crippen LogP contribution in [-0.4, -0.2) is 27.6 Å². The van der Waals surface area contributed by atoms with Crippen LogP contribution in [0, 0.1) is 0 Å². The van der Waals surface area contributed by atoms with Crippen molar-refractivity contribution in [3.63, 3.8) is 0 Å². The fourth-order valence-electron chi connectivity index (χ4n) is 2.19. The molecule has 1 heterocycles. The van der Waals surface area contributed by atoms with E-state index >= 15 is 0 Å². The minimum atomic E-state index is -4.60. The van der Waals surface area contributed by atoms with Crippen LogP contribution in [0.2, 0.25) is 0 Å². The fourth-order valence-corrected chi connectivity index (χ4v) is 2.94. The number of halogens is 3. The van der Waals surface area contributed by atoms with E-state index in [1.807, 2.05) is 30.3 Å². The van der Waals surface area contributed by atoms with Crippen LogP contribution in [0.5, 0.6) is 11.5 Å². The Kier molecular flexibility index (Phi) is 7.02. The average molecular weight is 431 g/mol. The zero-order valence-corrected chi connectivity index (χ0v) is 16.3. The molecule has 0 amide bonds. The second kappa shape index (κ2) is 9.88. The third-order valence-corrected chi connectivity index (χ3v) is 4.56. The summed E-state index contributed by atoms with van der Waals surface area (Å²) >= 11 is 1.05. The molecule has 1 aromatic heterocycles. The van der Waals surface area contributed by atoms with E-state index in [1.165, 1.54) is 12.3 Å². The van der Waals surface area contributed by atoms with E-state index in [1.54, 1.807) is 24.3 Å². The molecule has 3 aromatic rings. The minimum absolute atomic E-state index is 0.161. The lowest BCUT2D eigenvalue weighted by Crippen LogP contribution is -2.11. The van der Waals surface area contributed by atoms with Crippen molar-refractivity contribution in [2.24, 2.45) is 15.9 Å². The van der Waals surface area contributed by atoms with Crippen LogP contribution in [0.3, 0.4) is 0 Å². The van der Waals surface area contributed by atoms with E-state index in [-0.39, 0.29) is 10.8 Å². The number of hydrazone groups is 1. The molecular formula is C20H16F3N5OS. The van der Waals surface area contributed by atoms with Crippen LogP contribution in [0.15, 0.2) is 82.0 Å². The normalized spacial score (nSPS) is 12.3. The van der Waals surface area contributed by atoms with Crippen molar-refractivity contribution < 1.29 is 17.9 Å². The van der Waals surface area contributed by atoms with Gasteiger partial charge in [-0.3, -0.25) is 4.99 Å². The largest absolute Gasteiger partial charge is 0.457 e. The average Bonchev–Trinajstić information content (AvgIpc) is 2.75. The quantitative estimate of drug-likeness (QED) is 0.185. The molecule has 154 valence electrons. The molecule has 2 aromatic carbocycles. The van der Waals surface area contributed by atoms with Crippen LogP contribution in [-0.2, 0) is 6.18 Å². The Hall–Kier alpha value is -3.40. The molecule has 0 aliphatic rings. The molecule has 0 atom stereocenters. The van der Waals surface area contributed by atoms with Crippen molar-refractivity contribution in [1.82, 2.24) is 9.97 Å². The summed E-state index contributed by atoms with van der Waals surface area (Å²) in [6, 6.07) is 17.8. The number of nitrogens with two attached hydrogens (primary N) is 1. The predicted molar refractivity (Wildman–Crippen MR) is 110 cm³/mol. The zero-order valence-electron chi connectivity index (χ0n) is 15.5. The number of hydrogen-bond acceptors (Lipinski definition) is 7. The number of aliphatic imine (C=N–C) groups is 1. The van der Waals surface area contributed by atoms with Gasteiger partial charge >= 0.3 is 6.18 Å². The van der Waals surface area contributed by atoms with Crippen molar-refractivity contribution in [1.29, 1.82) is 0 Å². The van der Waals surface area contributed by atoms with Crippen molar-refractivity contribution in [2.75, 3.05) is 5.75 Å². The summed E-state index contributed by atoms with van der Waals surface area (Å²) < 4.78 is 43.8. The smallest absolute Gasteiger partial charge is 0.451 e. The zero-order chi connectivity index (χ0) is 21.4. The summed E-state index contributed by atoms with van der Waals surface area (Å²) in [5, 5.41) is 3.78. The van der Waals surface area contributed by atoms with Gasteiger partial charge in [0.1, 0.15) is 16.5 Å². The molecule has 0 bridgehead atoms. The molecule has 0 spiro atoms. The maximum Gasteiger partial charge on any atom is 0.451 e. The van der Waals surface area contributed by atoms with E-state index in [2.05, 4.69) is 20.1 Å². The second-order valence-corrected chi connectivity index (χ2v) is 6.79. The first-order valence-electron chi connectivity index (χ1n) is 8.61. The van der Waals surface area contributed by atoms with E-state index < -0.39 is 12.0 Å². The molecule has 2 N–H and O–H groups in total. The molecule has 0 fully saturated rings. The highest BCUT2D eigenvalue weighted by Crippen LogP contribution is 2.27. The van der Waals surface area contributed by atoms with Gasteiger partial charge in [0.15, 0.2) is 0 Å². The molecule has 10 heteroatoms. The molecule has 30 heavy (non-hydrogen) atoms. The number of alkyl halides is 3. The van der Waals surface area contributed by atoms with Gasteiger partial charge in [0.25, 0.3) is 0 Å². The Balaban J connectivity index is 1.58. The first kappa shape index (κ1) is 21.3. The van der Waals surface area contributed by atoms with Gasteiger partial charge < -0.3 is 10.6 Å². The summed E-state index contributed by atoms with van der Waals surface area (Å²) in [6.45, 7) is 0. The third kappa shape index (κ3) is 6.31. The van der Waals surface area contributed by atoms with Crippen LogP contribution in [0.4, 0.5) is 18.9 Å². The Labute approximate surface area is 174 Å². The predicted octanol–water partition coefficient (Wildman–Crippen LogP) is 5.10. The Morgan fingerprint density at radius 1 is 1.03 bits per heavy atom. The molecule has 3 rings (SSSR count). The Bertz CT molecular complexity index is 1020. The summed E-state index contributed by atoms with van der Waals surface area (Å²) in [5.41, 5.74) is 1.03. The number of ether oxygens (including phenoxy) is 1. The van der Waals surface area contributed by atoms with E-state index in [0.29, 0.717) is 17.1 Å². The number of benzene rings is 2. The van der Waals surface area contributed by atoms with Gasteiger partial charge in [-0.1, -0.05) is 30.0 Å². The molecule has 0 saturated carbocycles. The van der Waals surface area contributed by atoms with Crippen molar-refractivity contribution in [3.05, 3.63) is 72.7 Å². The summed E-state index contributed by atoms with van der Waals surface area (Å²) in [6.07, 6.45) is -2.09. The standard InChI is InChI=1S/C20H16F3N5OS/c21-20(22,23)19-25-11-10-18(27-19)30-13-15(28-24)12-26-14-6-8-17(9-7-14)29-16-4-2-1-3-5-16/h1-12H,13,24H2/b26-12?,28-15+. The molecule has 0 radical (unpaired) electrons. The second-order valence-electron chi connectivity index (χ2n) is 5.79. The van der Waals surface area contributed by atoms with Gasteiger partial charge in [-0.25, -0.2) is 9.97 Å². The molecule has 0 saturated heterocycles. The van der Waals surface area contributed by atoms with Crippen LogP contribution < -0.4 is 10.6 Å². The van der Waals surface area contributed by atoms with Crippen molar-refractivity contribution >= 4 is 29.4 Å². The first-order chi connectivity index (χ1) is 14.4. The lowest BCUT2D eigenvalue weighted by Gasteiger charge is -2.06. The highest BCUT2D eigenvalue weighted by Gasteiger charge is 2.34. The number of aromatic nitrogens is 2. The Morgan fingerprint density at radius 3 is 2.40 bits per heavy atom. The van der Waals surface area contributed by atoms with Gasteiger partial charge in [0.05, 0.1) is 17.6 Å². The monoisotopic (exact) mass is 431 g/mol. The van der Waals surface area contributed by atoms with Crippen LogP contribution in [0.25, 0.3) is 0 Å². The third-order valence-electron chi connectivity index (χ3n) is 3.60. The van der Waals surface area contributed by atoms with Gasteiger partial charge in [-0.05, 0) is 42.5 Å². The Morgan fingerprint density at radius 2 is 1.73 bits per heavy atom. The molecule has 0 aliphatic heterocycles. The first-order valence-corrected chi connectivity index (χ1v) is 9.59. The van der Waals surface area contributed by atoms with E-state index in [4.69, 9.17) is 10.6 Å². The van der Waals surface area contributed by atoms with Crippen LogP contribution in [0.1, 0.15) is 5.82 Å². The highest BCUT2D eigenvalue weighted by atomic mass is 32.2. The van der Waals surface area contributed by atoms with Gasteiger partial charge in [0.2, 0.25) is 5.82 Å². The van der Waals surface area contributed by atoms with Crippen LogP contribution >= 0.6 is 11.8 Å². The van der Waals surface area contributed by atoms with Crippen molar-refractivity contribution in [2.45, 2.75) is 11.2 Å². The molecular weight excluding hydrogens is 415 g/mol. The molecule has 6 nitrogen and oxygen atoms in total. The topological polar surface area (TPSA) is 85.8 Å². The van der Waals surface area contributed by atoms with Gasteiger partial charge in [-0.15, -0.1) is 0 Å². The van der Waals surface area contributed by atoms with Gasteiger partial charge in [0, 0.05) is 11.9 Å². The van der Waals surface area contributed by atoms with Crippen molar-refractivity contribution in [3.8, 4) is 11.5 Å². The van der Waals surface area contributed by atoms with Gasteiger partial charge in [-0.2, -0.15) is 18.3 Å². The fraction of sp³-hybridized carbons (Fsp3) is 0.100. The van der Waals surface area contributed by atoms with E-state index in [9.17, 15) is 13.2 Å². The highest BCUT2D eigenvalue weighted by molar-refractivity contribution is 8.00. The summed E-state index contributed by atoms with van der Waals surface area (Å²) in [5.74, 6) is 5.75. The number of hydrogen-bond donors (Lipinski definition) is 1. The maximum atomic E-state index is 12.7. The number of rotatable bonds is 7. The lowest BCUT2D eigenvalue weighted by molar-refractivity contribution is -0.145. The number of nitrogens with zero attached hydrogens (tertiary/aromatic N) is 4.